The lowest BCUT2D eigenvalue weighted by Gasteiger charge is -2.18. The van der Waals surface area contributed by atoms with Crippen LogP contribution in [0.5, 0.6) is 0 Å². The Balaban J connectivity index is 1.89. The molecule has 0 aromatic heterocycles. The number of hydrogen-bond donors (Lipinski definition) is 2. The molecule has 1 amide bonds. The molecule has 0 saturated heterocycles. The number of nitrogen functional groups attached to an aromatic ring is 1. The summed E-state index contributed by atoms with van der Waals surface area (Å²) in [6.07, 6.45) is -1.46. The molecule has 1 atom stereocenters. The Morgan fingerprint density at radius 3 is 2.27 bits per heavy atom. The van der Waals surface area contributed by atoms with Crippen molar-refractivity contribution in [2.75, 3.05) is 11.1 Å². The van der Waals surface area contributed by atoms with Gasteiger partial charge in [-0.1, -0.05) is 41.9 Å². The van der Waals surface area contributed by atoms with Crippen molar-refractivity contribution >= 4 is 46.2 Å². The Labute approximate surface area is 191 Å². The van der Waals surface area contributed by atoms with E-state index in [2.05, 4.69) is 5.32 Å². The van der Waals surface area contributed by atoms with Gasteiger partial charge in [-0.2, -0.15) is 0 Å². The standard InChI is InChI=1S/C21H15ClN4O7/c22-15-11-14(25(29)30)7-9-17(15)24-20(27)19(12-4-2-1-3-5-12)33-21(28)13-6-8-16(23)18(10-13)26(31)32/h1-11,19H,23H2,(H,24,27). The van der Waals surface area contributed by atoms with Crippen LogP contribution in [0, 0.1) is 20.2 Å². The first-order valence-corrected chi connectivity index (χ1v) is 9.60. The molecule has 11 nitrogen and oxygen atoms in total. The lowest BCUT2D eigenvalue weighted by molar-refractivity contribution is -0.384. The zero-order chi connectivity index (χ0) is 24.1. The maximum absolute atomic E-state index is 13.0. The van der Waals surface area contributed by atoms with E-state index in [9.17, 15) is 29.8 Å². The second-order valence-electron chi connectivity index (χ2n) is 6.64. The first kappa shape index (κ1) is 23.2. The molecule has 0 fully saturated rings. The van der Waals surface area contributed by atoms with E-state index < -0.39 is 33.5 Å². The van der Waals surface area contributed by atoms with E-state index in [-0.39, 0.29) is 27.6 Å². The van der Waals surface area contributed by atoms with Crippen molar-refractivity contribution in [2.24, 2.45) is 0 Å². The second-order valence-corrected chi connectivity index (χ2v) is 7.04. The summed E-state index contributed by atoms with van der Waals surface area (Å²) >= 11 is 6.03. The van der Waals surface area contributed by atoms with E-state index in [1.54, 1.807) is 30.3 Å². The number of hydrogen-bond acceptors (Lipinski definition) is 8. The SMILES string of the molecule is Nc1ccc(C(=O)OC(C(=O)Nc2ccc([N+](=O)[O-])cc2Cl)c2ccccc2)cc1[N+](=O)[O-]. The van der Waals surface area contributed by atoms with Crippen LogP contribution < -0.4 is 11.1 Å². The van der Waals surface area contributed by atoms with Crippen molar-refractivity contribution < 1.29 is 24.2 Å². The highest BCUT2D eigenvalue weighted by Gasteiger charge is 2.27. The van der Waals surface area contributed by atoms with Gasteiger partial charge in [-0.25, -0.2) is 4.79 Å². The Hall–Kier alpha value is -4.51. The monoisotopic (exact) mass is 470 g/mol. The number of benzene rings is 3. The molecule has 0 aliphatic carbocycles. The topological polar surface area (TPSA) is 168 Å². The van der Waals surface area contributed by atoms with Crippen molar-refractivity contribution in [1.29, 1.82) is 0 Å². The maximum atomic E-state index is 13.0. The number of carbonyl (C=O) groups is 2. The number of nitrogens with zero attached hydrogens (tertiary/aromatic N) is 2. The number of nitro groups is 2. The fourth-order valence-electron chi connectivity index (χ4n) is 2.82. The van der Waals surface area contributed by atoms with E-state index in [4.69, 9.17) is 22.1 Å². The van der Waals surface area contributed by atoms with E-state index in [1.165, 1.54) is 18.2 Å². The molecular weight excluding hydrogens is 456 g/mol. The maximum Gasteiger partial charge on any atom is 0.339 e. The predicted molar refractivity (Wildman–Crippen MR) is 119 cm³/mol. The van der Waals surface area contributed by atoms with Crippen molar-refractivity contribution in [2.45, 2.75) is 6.10 Å². The molecule has 0 aliphatic heterocycles. The van der Waals surface area contributed by atoms with Gasteiger partial charge in [0.1, 0.15) is 5.69 Å². The van der Waals surface area contributed by atoms with Gasteiger partial charge < -0.3 is 15.8 Å². The van der Waals surface area contributed by atoms with Gasteiger partial charge in [-0.05, 0) is 18.2 Å². The summed E-state index contributed by atoms with van der Waals surface area (Å²) in [5, 5.41) is 24.4. The molecule has 3 aromatic rings. The van der Waals surface area contributed by atoms with Crippen molar-refractivity contribution in [1.82, 2.24) is 0 Å². The number of rotatable bonds is 7. The number of halogens is 1. The molecule has 0 radical (unpaired) electrons. The third-order valence-corrected chi connectivity index (χ3v) is 4.76. The fraction of sp³-hybridized carbons (Fsp3) is 0.0476. The fourth-order valence-corrected chi connectivity index (χ4v) is 3.04. The molecule has 0 saturated carbocycles. The number of carbonyl (C=O) groups excluding carboxylic acids is 2. The summed E-state index contributed by atoms with van der Waals surface area (Å²) in [6, 6.07) is 14.8. The summed E-state index contributed by atoms with van der Waals surface area (Å²) in [5.74, 6) is -1.80. The molecular formula is C21H15ClN4O7. The van der Waals surface area contributed by atoms with Crippen LogP contribution in [0.2, 0.25) is 5.02 Å². The Bertz CT molecular complexity index is 1250. The summed E-state index contributed by atoms with van der Waals surface area (Å²) in [4.78, 5) is 46.3. The van der Waals surface area contributed by atoms with Crippen molar-refractivity contribution in [3.63, 3.8) is 0 Å². The highest BCUT2D eigenvalue weighted by Crippen LogP contribution is 2.29. The van der Waals surface area contributed by atoms with Crippen molar-refractivity contribution in [3.8, 4) is 0 Å². The van der Waals surface area contributed by atoms with Gasteiger partial charge in [0.2, 0.25) is 6.10 Å². The zero-order valence-electron chi connectivity index (χ0n) is 16.6. The van der Waals surface area contributed by atoms with Crippen LogP contribution in [-0.2, 0) is 9.53 Å². The van der Waals surface area contributed by atoms with E-state index in [0.717, 1.165) is 18.2 Å². The Morgan fingerprint density at radius 2 is 1.67 bits per heavy atom. The average Bonchev–Trinajstić information content (AvgIpc) is 2.79. The van der Waals surface area contributed by atoms with Crippen LogP contribution >= 0.6 is 11.6 Å². The lowest BCUT2D eigenvalue weighted by Crippen LogP contribution is -2.26. The van der Waals surface area contributed by atoms with E-state index in [0.29, 0.717) is 5.56 Å². The molecule has 168 valence electrons. The third-order valence-electron chi connectivity index (χ3n) is 4.45. The summed E-state index contributed by atoms with van der Waals surface area (Å²) in [7, 11) is 0. The van der Waals surface area contributed by atoms with Gasteiger partial charge in [0.25, 0.3) is 17.3 Å². The average molecular weight is 471 g/mol. The molecule has 12 heteroatoms. The van der Waals surface area contributed by atoms with Crippen LogP contribution in [0.3, 0.4) is 0 Å². The van der Waals surface area contributed by atoms with Gasteiger partial charge in [0.15, 0.2) is 0 Å². The molecule has 3 aromatic carbocycles. The van der Waals surface area contributed by atoms with Crippen LogP contribution in [0.1, 0.15) is 22.0 Å². The van der Waals surface area contributed by atoms with Crippen LogP contribution in [0.25, 0.3) is 0 Å². The largest absolute Gasteiger partial charge is 0.444 e. The second kappa shape index (κ2) is 9.75. The number of ether oxygens (including phenoxy) is 1. The lowest BCUT2D eigenvalue weighted by atomic mass is 10.1. The predicted octanol–water partition coefficient (Wildman–Crippen LogP) is 4.28. The van der Waals surface area contributed by atoms with Gasteiger partial charge in [0.05, 0.1) is 26.1 Å². The number of esters is 1. The van der Waals surface area contributed by atoms with Crippen LogP contribution in [0.15, 0.2) is 66.7 Å². The summed E-state index contributed by atoms with van der Waals surface area (Å²) in [5.41, 5.74) is 4.85. The molecule has 0 bridgehead atoms. The Morgan fingerprint density at radius 1 is 0.970 bits per heavy atom. The third kappa shape index (κ3) is 5.40. The molecule has 0 spiro atoms. The zero-order valence-corrected chi connectivity index (χ0v) is 17.4. The molecule has 3 rings (SSSR count). The molecule has 3 N–H and O–H groups in total. The summed E-state index contributed by atoms with van der Waals surface area (Å²) in [6.45, 7) is 0. The smallest absolute Gasteiger partial charge is 0.339 e. The van der Waals surface area contributed by atoms with E-state index >= 15 is 0 Å². The molecule has 1 unspecified atom stereocenters. The van der Waals surface area contributed by atoms with Crippen molar-refractivity contribution in [3.05, 3.63) is 103 Å². The summed E-state index contributed by atoms with van der Waals surface area (Å²) < 4.78 is 5.37. The molecule has 0 aliphatic rings. The normalized spacial score (nSPS) is 11.3. The van der Waals surface area contributed by atoms with Crippen LogP contribution in [-0.4, -0.2) is 21.7 Å². The van der Waals surface area contributed by atoms with Gasteiger partial charge >= 0.3 is 5.97 Å². The van der Waals surface area contributed by atoms with Crippen LogP contribution in [0.4, 0.5) is 22.7 Å². The quantitative estimate of drug-likeness (QED) is 0.223. The highest BCUT2D eigenvalue weighted by molar-refractivity contribution is 6.34. The first-order chi connectivity index (χ1) is 15.7. The molecule has 33 heavy (non-hydrogen) atoms. The number of nitrogens with two attached hydrogens (primary N) is 1. The van der Waals surface area contributed by atoms with Gasteiger partial charge in [-0.15, -0.1) is 0 Å². The minimum Gasteiger partial charge on any atom is -0.444 e. The minimum atomic E-state index is -1.46. The highest BCUT2D eigenvalue weighted by atomic mass is 35.5. The van der Waals surface area contributed by atoms with Gasteiger partial charge in [-0.3, -0.25) is 25.0 Å². The van der Waals surface area contributed by atoms with Gasteiger partial charge in [0, 0.05) is 23.8 Å². The first-order valence-electron chi connectivity index (χ1n) is 9.22. The van der Waals surface area contributed by atoms with E-state index in [1.807, 2.05) is 0 Å². The number of non-ortho nitro benzene ring substituents is 1. The minimum absolute atomic E-state index is 0.0624. The number of amides is 1. The Kier molecular flexibility index (Phi) is 6.84. The number of nitrogens with one attached hydrogen (secondary N) is 1. The molecule has 0 heterocycles. The number of nitro benzene ring substituents is 2. The number of anilines is 2.